The topological polar surface area (TPSA) is 49.4 Å². The zero-order valence-corrected chi connectivity index (χ0v) is 15.4. The van der Waals surface area contributed by atoms with Crippen LogP contribution in [-0.4, -0.2) is 32.5 Å². The van der Waals surface area contributed by atoms with Gasteiger partial charge in [-0.2, -0.15) is 4.31 Å². The zero-order valence-electron chi connectivity index (χ0n) is 13.6. The maximum atomic E-state index is 12.5. The van der Waals surface area contributed by atoms with Crippen molar-refractivity contribution in [3.8, 4) is 0 Å². The van der Waals surface area contributed by atoms with E-state index in [-0.39, 0.29) is 0 Å². The van der Waals surface area contributed by atoms with Crippen LogP contribution in [0.2, 0.25) is 0 Å². The minimum atomic E-state index is -3.38. The number of nitrogens with zero attached hydrogens (tertiary/aromatic N) is 1. The fourth-order valence-corrected chi connectivity index (χ4v) is 4.65. The third kappa shape index (κ3) is 3.54. The fourth-order valence-electron chi connectivity index (χ4n) is 2.52. The van der Waals surface area contributed by atoms with Gasteiger partial charge >= 0.3 is 0 Å². The molecule has 1 heterocycles. The van der Waals surface area contributed by atoms with Crippen LogP contribution in [0.15, 0.2) is 60.0 Å². The number of rotatable bonds is 6. The molecule has 4 nitrogen and oxygen atoms in total. The highest BCUT2D eigenvalue weighted by Crippen LogP contribution is 2.24. The first kappa shape index (κ1) is 17.2. The summed E-state index contributed by atoms with van der Waals surface area (Å²) in [7, 11) is -2.65. The van der Waals surface area contributed by atoms with E-state index in [1.807, 2.05) is 18.2 Å². The van der Waals surface area contributed by atoms with E-state index >= 15 is 0 Å². The lowest BCUT2D eigenvalue weighted by Gasteiger charge is -2.29. The molecule has 0 radical (unpaired) electrons. The van der Waals surface area contributed by atoms with E-state index in [1.54, 1.807) is 18.2 Å². The number of hydrogen-bond donors (Lipinski definition) is 1. The first-order chi connectivity index (χ1) is 11.5. The third-order valence-corrected chi connectivity index (χ3v) is 6.86. The molecule has 1 atom stereocenters. The Kier molecular flexibility index (Phi) is 5.04. The van der Waals surface area contributed by atoms with Crippen LogP contribution >= 0.6 is 8.58 Å². The predicted octanol–water partition coefficient (Wildman–Crippen LogP) is 3.10. The van der Waals surface area contributed by atoms with Crippen LogP contribution in [0.5, 0.6) is 0 Å². The third-order valence-electron chi connectivity index (χ3n) is 4.08. The van der Waals surface area contributed by atoms with Gasteiger partial charge in [-0.3, -0.25) is 0 Å². The Morgan fingerprint density at radius 2 is 1.92 bits per heavy atom. The molecule has 1 aliphatic heterocycles. The monoisotopic (exact) mass is 360 g/mol. The predicted molar refractivity (Wildman–Crippen MR) is 103 cm³/mol. The number of hydrogen-bond acceptors (Lipinski definition) is 3. The Balaban J connectivity index is 1.81. The van der Waals surface area contributed by atoms with Gasteiger partial charge in [0.05, 0.1) is 4.90 Å². The zero-order chi connectivity index (χ0) is 17.2. The molecular formula is C18H21N2O2PS. The van der Waals surface area contributed by atoms with Crippen molar-refractivity contribution in [3.63, 3.8) is 0 Å². The molecule has 6 heteroatoms. The van der Waals surface area contributed by atoms with Crippen molar-refractivity contribution in [1.82, 2.24) is 4.31 Å². The van der Waals surface area contributed by atoms with E-state index in [2.05, 4.69) is 30.7 Å². The van der Waals surface area contributed by atoms with E-state index in [4.69, 9.17) is 0 Å². The molecule has 1 fully saturated rings. The van der Waals surface area contributed by atoms with Crippen molar-refractivity contribution in [2.75, 3.05) is 25.1 Å². The van der Waals surface area contributed by atoms with Crippen LogP contribution in [0.1, 0.15) is 12.0 Å². The van der Waals surface area contributed by atoms with E-state index in [0.717, 1.165) is 26.3 Å². The molecule has 2 aromatic rings. The molecule has 3 rings (SSSR count). The highest BCUT2D eigenvalue weighted by atomic mass is 32.2. The lowest BCUT2D eigenvalue weighted by molar-refractivity contribution is 0.309. The molecule has 126 valence electrons. The summed E-state index contributed by atoms with van der Waals surface area (Å²) in [6.45, 7) is 7.41. The second kappa shape index (κ2) is 7.06. The molecular weight excluding hydrogens is 339 g/mol. The van der Waals surface area contributed by atoms with Crippen LogP contribution in [-0.2, 0) is 10.0 Å². The molecule has 0 amide bonds. The van der Waals surface area contributed by atoms with Crippen LogP contribution in [0.3, 0.4) is 0 Å². The van der Waals surface area contributed by atoms with E-state index in [1.165, 1.54) is 9.61 Å². The minimum absolute atomic E-state index is 0.325. The van der Waals surface area contributed by atoms with E-state index in [9.17, 15) is 8.42 Å². The molecule has 0 bridgehead atoms. The quantitative estimate of drug-likeness (QED) is 0.806. The van der Waals surface area contributed by atoms with Crippen molar-refractivity contribution < 1.29 is 8.42 Å². The highest BCUT2D eigenvalue weighted by Gasteiger charge is 2.29. The molecule has 1 N–H and O–H groups in total. The molecule has 0 spiro atoms. The summed E-state index contributed by atoms with van der Waals surface area (Å²) >= 11 is 0. The Morgan fingerprint density at radius 1 is 1.17 bits per heavy atom. The standard InChI is InChI=1S/C18H21N2O2PS/c1-14(19-16-7-4-8-17(13-16)23-2)15-6-3-9-18(12-15)24(21,22)20-10-5-11-20/h3-4,6-9,12-13,19,23H,1,5,10-11H2,2H3. The lowest BCUT2D eigenvalue weighted by Crippen LogP contribution is -2.41. The number of benzene rings is 2. The molecule has 0 aliphatic carbocycles. The SMILES string of the molecule is C=C(Nc1cccc(PC)c1)c1cccc(S(=O)(=O)N2CCC2)c1. The summed E-state index contributed by atoms with van der Waals surface area (Å²) < 4.78 is 26.5. The lowest BCUT2D eigenvalue weighted by atomic mass is 10.1. The van der Waals surface area contributed by atoms with Crippen molar-refractivity contribution >= 4 is 35.3 Å². The number of anilines is 1. The average Bonchev–Trinajstić information content (AvgIpc) is 2.53. The Hall–Kier alpha value is -1.68. The summed E-state index contributed by atoms with van der Waals surface area (Å²) in [4.78, 5) is 0.325. The second-order valence-electron chi connectivity index (χ2n) is 5.72. The molecule has 24 heavy (non-hydrogen) atoms. The van der Waals surface area contributed by atoms with Gasteiger partial charge in [-0.1, -0.05) is 39.4 Å². The van der Waals surface area contributed by atoms with Crippen molar-refractivity contribution in [3.05, 3.63) is 60.7 Å². The van der Waals surface area contributed by atoms with Crippen LogP contribution in [0, 0.1) is 0 Å². The van der Waals surface area contributed by atoms with Crippen molar-refractivity contribution in [1.29, 1.82) is 0 Å². The summed E-state index contributed by atoms with van der Waals surface area (Å²) in [5.41, 5.74) is 2.43. The summed E-state index contributed by atoms with van der Waals surface area (Å²) in [5, 5.41) is 4.54. The van der Waals surface area contributed by atoms with E-state index in [0.29, 0.717) is 23.7 Å². The minimum Gasteiger partial charge on any atom is -0.356 e. The van der Waals surface area contributed by atoms with Crippen molar-refractivity contribution in [2.45, 2.75) is 11.3 Å². The van der Waals surface area contributed by atoms with Gasteiger partial charge in [-0.25, -0.2) is 8.42 Å². The van der Waals surface area contributed by atoms with Gasteiger partial charge in [-0.05, 0) is 48.2 Å². The van der Waals surface area contributed by atoms with Gasteiger partial charge in [0.2, 0.25) is 10.0 Å². The summed E-state index contributed by atoms with van der Waals surface area (Å²) in [6.07, 6.45) is 0.932. The van der Waals surface area contributed by atoms with Gasteiger partial charge < -0.3 is 5.32 Å². The summed E-state index contributed by atoms with van der Waals surface area (Å²) in [6, 6.07) is 15.1. The highest BCUT2D eigenvalue weighted by molar-refractivity contribution is 7.89. The van der Waals surface area contributed by atoms with Crippen LogP contribution < -0.4 is 10.6 Å². The fraction of sp³-hybridized carbons (Fsp3) is 0.222. The Bertz CT molecular complexity index is 861. The number of nitrogens with one attached hydrogen (secondary N) is 1. The van der Waals surface area contributed by atoms with Crippen LogP contribution in [0.4, 0.5) is 5.69 Å². The van der Waals surface area contributed by atoms with Gasteiger partial charge in [0.1, 0.15) is 0 Å². The maximum absolute atomic E-state index is 12.5. The molecule has 0 saturated carbocycles. The molecule has 1 saturated heterocycles. The normalized spacial score (nSPS) is 15.4. The maximum Gasteiger partial charge on any atom is 0.243 e. The Labute approximate surface area is 145 Å². The first-order valence-electron chi connectivity index (χ1n) is 7.85. The summed E-state index contributed by atoms with van der Waals surface area (Å²) in [5.74, 6) is 0. The average molecular weight is 360 g/mol. The first-order valence-corrected chi connectivity index (χ1v) is 10.8. The number of sulfonamides is 1. The molecule has 0 aromatic heterocycles. The Morgan fingerprint density at radius 3 is 2.58 bits per heavy atom. The molecule has 1 aliphatic rings. The van der Waals surface area contributed by atoms with Gasteiger partial charge in [0.25, 0.3) is 0 Å². The smallest absolute Gasteiger partial charge is 0.243 e. The second-order valence-corrected chi connectivity index (χ2v) is 8.74. The van der Waals surface area contributed by atoms with Crippen molar-refractivity contribution in [2.24, 2.45) is 0 Å². The van der Waals surface area contributed by atoms with Gasteiger partial charge in [-0.15, -0.1) is 0 Å². The van der Waals surface area contributed by atoms with Crippen LogP contribution in [0.25, 0.3) is 5.70 Å². The largest absolute Gasteiger partial charge is 0.356 e. The molecule has 2 aromatic carbocycles. The van der Waals surface area contributed by atoms with E-state index < -0.39 is 10.0 Å². The van der Waals surface area contributed by atoms with Gasteiger partial charge in [0.15, 0.2) is 0 Å². The molecule has 1 unspecified atom stereocenters. The van der Waals surface area contributed by atoms with Gasteiger partial charge in [0, 0.05) is 24.5 Å².